The van der Waals surface area contributed by atoms with Gasteiger partial charge in [0.25, 0.3) is 11.1 Å². The van der Waals surface area contributed by atoms with Gasteiger partial charge < -0.3 is 9.13 Å². The maximum absolute atomic E-state index is 12.6. The number of nitrogens with zero attached hydrogens (tertiary/aromatic N) is 8. The molecule has 4 rings (SSSR count). The van der Waals surface area contributed by atoms with Gasteiger partial charge in [-0.2, -0.15) is 0 Å². The highest BCUT2D eigenvalue weighted by atomic mass is 16.2. The monoisotopic (exact) mass is 414 g/mol. The van der Waals surface area contributed by atoms with Crippen LogP contribution in [0.4, 0.5) is 0 Å². The third-order valence-electron chi connectivity index (χ3n) is 5.45. The Bertz CT molecular complexity index is 1430. The zero-order valence-electron chi connectivity index (χ0n) is 17.4. The summed E-state index contributed by atoms with van der Waals surface area (Å²) < 4.78 is 8.22. The standard InChI is InChI=1S/C18H22N8O4/c1-10(6-25-8-19-13-11(25)15(27)23(4)17(29)21(13)2)7-26-9-20-14-12(26)16(28)24(5)18(30)22(14)3/h8-10H,6-7H2,1-5H3. The fraction of sp³-hybridized carbons (Fsp3) is 0.444. The molecule has 0 atom stereocenters. The molecule has 4 aromatic heterocycles. The molecule has 0 spiro atoms. The summed E-state index contributed by atoms with van der Waals surface area (Å²) in [4.78, 5) is 57.9. The first-order valence-corrected chi connectivity index (χ1v) is 9.35. The highest BCUT2D eigenvalue weighted by Crippen LogP contribution is 2.13. The number of aryl methyl sites for hydroxylation is 2. The van der Waals surface area contributed by atoms with Crippen molar-refractivity contribution in [2.24, 2.45) is 34.1 Å². The third-order valence-corrected chi connectivity index (χ3v) is 5.45. The molecule has 12 nitrogen and oxygen atoms in total. The second kappa shape index (κ2) is 6.68. The van der Waals surface area contributed by atoms with Crippen LogP contribution in [0.1, 0.15) is 6.92 Å². The van der Waals surface area contributed by atoms with Crippen LogP contribution in [-0.2, 0) is 41.3 Å². The fourth-order valence-electron chi connectivity index (χ4n) is 3.80. The van der Waals surface area contributed by atoms with Gasteiger partial charge in [-0.05, 0) is 5.92 Å². The molecule has 0 aliphatic heterocycles. The molecule has 12 heteroatoms. The lowest BCUT2D eigenvalue weighted by Crippen LogP contribution is -2.38. The van der Waals surface area contributed by atoms with E-state index in [1.165, 1.54) is 35.9 Å². The Morgan fingerprint density at radius 2 is 1.07 bits per heavy atom. The molecule has 0 unspecified atom stereocenters. The molecule has 0 radical (unpaired) electrons. The largest absolute Gasteiger partial charge is 0.332 e. The Balaban J connectivity index is 1.73. The minimum absolute atomic E-state index is 0.0105. The summed E-state index contributed by atoms with van der Waals surface area (Å²) in [7, 11) is 6.01. The maximum atomic E-state index is 12.6. The lowest BCUT2D eigenvalue weighted by molar-refractivity contribution is 0.425. The van der Waals surface area contributed by atoms with Gasteiger partial charge in [-0.15, -0.1) is 0 Å². The van der Waals surface area contributed by atoms with E-state index in [1.54, 1.807) is 23.2 Å². The first kappa shape index (κ1) is 19.6. The van der Waals surface area contributed by atoms with Crippen molar-refractivity contribution in [2.75, 3.05) is 0 Å². The van der Waals surface area contributed by atoms with E-state index in [4.69, 9.17) is 0 Å². The van der Waals surface area contributed by atoms with Crippen LogP contribution in [0.2, 0.25) is 0 Å². The van der Waals surface area contributed by atoms with Crippen LogP contribution in [0.25, 0.3) is 22.3 Å². The summed E-state index contributed by atoms with van der Waals surface area (Å²) in [5.41, 5.74) is -0.334. The second-order valence-corrected chi connectivity index (χ2v) is 7.65. The van der Waals surface area contributed by atoms with Crippen molar-refractivity contribution in [3.63, 3.8) is 0 Å². The van der Waals surface area contributed by atoms with Crippen molar-refractivity contribution in [1.82, 2.24) is 37.4 Å². The molecule has 4 heterocycles. The number of hydrogen-bond acceptors (Lipinski definition) is 6. The molecule has 0 bridgehead atoms. The van der Waals surface area contributed by atoms with Gasteiger partial charge in [-0.25, -0.2) is 19.6 Å². The van der Waals surface area contributed by atoms with E-state index in [2.05, 4.69) is 9.97 Å². The molecule has 0 saturated carbocycles. The molecule has 0 fully saturated rings. The van der Waals surface area contributed by atoms with Crippen molar-refractivity contribution in [2.45, 2.75) is 20.0 Å². The van der Waals surface area contributed by atoms with E-state index < -0.39 is 22.5 Å². The Morgan fingerprint density at radius 1 is 0.700 bits per heavy atom. The first-order valence-electron chi connectivity index (χ1n) is 9.35. The van der Waals surface area contributed by atoms with Gasteiger partial charge in [-0.3, -0.25) is 27.9 Å². The molecule has 0 aliphatic carbocycles. The Labute approximate surface area is 168 Å². The summed E-state index contributed by atoms with van der Waals surface area (Å²) in [6.07, 6.45) is 3.08. The Morgan fingerprint density at radius 3 is 1.43 bits per heavy atom. The highest BCUT2D eigenvalue weighted by Gasteiger charge is 2.18. The van der Waals surface area contributed by atoms with Crippen molar-refractivity contribution in [3.8, 4) is 0 Å². The summed E-state index contributed by atoms with van der Waals surface area (Å²) in [5, 5.41) is 0. The van der Waals surface area contributed by atoms with Gasteiger partial charge in [-0.1, -0.05) is 6.92 Å². The second-order valence-electron chi connectivity index (χ2n) is 7.65. The van der Waals surface area contributed by atoms with Crippen molar-refractivity contribution >= 4 is 22.3 Å². The zero-order valence-corrected chi connectivity index (χ0v) is 17.4. The van der Waals surface area contributed by atoms with Crippen LogP contribution in [0.3, 0.4) is 0 Å². The summed E-state index contributed by atoms with van der Waals surface area (Å²) >= 11 is 0. The lowest BCUT2D eigenvalue weighted by atomic mass is 10.2. The number of rotatable bonds is 4. The van der Waals surface area contributed by atoms with Crippen molar-refractivity contribution in [3.05, 3.63) is 54.3 Å². The van der Waals surface area contributed by atoms with E-state index in [9.17, 15) is 19.2 Å². The quantitative estimate of drug-likeness (QED) is 0.401. The van der Waals surface area contributed by atoms with E-state index >= 15 is 0 Å². The van der Waals surface area contributed by atoms with E-state index in [-0.39, 0.29) is 5.92 Å². The average Bonchev–Trinajstić information content (AvgIpc) is 3.32. The van der Waals surface area contributed by atoms with Gasteiger partial charge in [0, 0.05) is 41.3 Å². The molecule has 158 valence electrons. The predicted molar refractivity (Wildman–Crippen MR) is 110 cm³/mol. The number of fused-ring (bicyclic) bond motifs is 2. The molecule has 30 heavy (non-hydrogen) atoms. The highest BCUT2D eigenvalue weighted by molar-refractivity contribution is 5.70. The Hall–Kier alpha value is -3.70. The molecule has 0 aliphatic rings. The van der Waals surface area contributed by atoms with E-state index in [0.29, 0.717) is 35.4 Å². The van der Waals surface area contributed by atoms with Gasteiger partial charge in [0.15, 0.2) is 22.3 Å². The molecule has 0 N–H and O–H groups in total. The number of hydrogen-bond donors (Lipinski definition) is 0. The molecular formula is C18H22N8O4. The topological polar surface area (TPSA) is 124 Å². The zero-order chi connectivity index (χ0) is 21.9. The molecular weight excluding hydrogens is 392 g/mol. The van der Waals surface area contributed by atoms with E-state index in [0.717, 1.165) is 9.13 Å². The molecule has 0 saturated heterocycles. The van der Waals surface area contributed by atoms with E-state index in [1.807, 2.05) is 6.92 Å². The molecule has 4 aromatic rings. The van der Waals surface area contributed by atoms with Crippen LogP contribution in [0, 0.1) is 5.92 Å². The minimum atomic E-state index is -0.433. The van der Waals surface area contributed by atoms with Crippen molar-refractivity contribution < 1.29 is 0 Å². The summed E-state index contributed by atoms with van der Waals surface area (Å²) in [6.45, 7) is 2.85. The molecule has 0 aromatic carbocycles. The smallest absolute Gasteiger partial charge is 0.324 e. The van der Waals surface area contributed by atoms with Gasteiger partial charge in [0.2, 0.25) is 0 Å². The van der Waals surface area contributed by atoms with Crippen LogP contribution in [0.15, 0.2) is 31.8 Å². The van der Waals surface area contributed by atoms with Gasteiger partial charge in [0.05, 0.1) is 12.7 Å². The van der Waals surface area contributed by atoms with Crippen LogP contribution < -0.4 is 22.5 Å². The minimum Gasteiger partial charge on any atom is -0.324 e. The number of imidazole rings is 2. The maximum Gasteiger partial charge on any atom is 0.332 e. The molecule has 0 amide bonds. The predicted octanol–water partition coefficient (Wildman–Crippen LogP) is -1.48. The summed E-state index contributed by atoms with van der Waals surface area (Å²) in [5.74, 6) is -0.0105. The Kier molecular flexibility index (Phi) is 4.36. The van der Waals surface area contributed by atoms with Crippen LogP contribution in [0.5, 0.6) is 0 Å². The number of aromatic nitrogens is 8. The van der Waals surface area contributed by atoms with Crippen molar-refractivity contribution in [1.29, 1.82) is 0 Å². The van der Waals surface area contributed by atoms with Crippen LogP contribution in [-0.4, -0.2) is 37.4 Å². The summed E-state index contributed by atoms with van der Waals surface area (Å²) in [6, 6.07) is 0. The van der Waals surface area contributed by atoms with Gasteiger partial charge in [0.1, 0.15) is 0 Å². The van der Waals surface area contributed by atoms with Gasteiger partial charge >= 0.3 is 11.4 Å². The SMILES string of the molecule is CC(Cn1cnc2c1c(=O)n(C)c(=O)n2C)Cn1cnc2c1c(=O)n(C)c(=O)n2C. The fourth-order valence-corrected chi connectivity index (χ4v) is 3.80. The average molecular weight is 414 g/mol. The lowest BCUT2D eigenvalue weighted by Gasteiger charge is -2.14. The normalized spacial score (nSPS) is 11.9. The third kappa shape index (κ3) is 2.67. The first-order chi connectivity index (χ1) is 14.1. The van der Waals surface area contributed by atoms with Crippen LogP contribution >= 0.6 is 0 Å².